The van der Waals surface area contributed by atoms with Crippen LogP contribution in [-0.4, -0.2) is 16.1 Å². The first-order valence-corrected chi connectivity index (χ1v) is 12.2. The number of hydrogen-bond acceptors (Lipinski definition) is 2. The molecule has 1 aliphatic rings. The highest BCUT2D eigenvalue weighted by molar-refractivity contribution is 6.55. The lowest BCUT2D eigenvalue weighted by Gasteiger charge is -2.18. The molecule has 14 heteroatoms. The molecule has 3 aromatic carbocycles. The van der Waals surface area contributed by atoms with Gasteiger partial charge in [-0.1, -0.05) is 64.1 Å². The predicted molar refractivity (Wildman–Crippen MR) is 135 cm³/mol. The number of carbonyl (C=O) groups is 2. The zero-order valence-electron chi connectivity index (χ0n) is 18.4. The molecule has 4 nitrogen and oxygen atoms in total. The van der Waals surface area contributed by atoms with Crippen LogP contribution in [0.25, 0.3) is 0 Å². The molecule has 0 bridgehead atoms. The second-order valence-electron chi connectivity index (χ2n) is 8.36. The number of anilines is 1. The van der Waals surface area contributed by atoms with Crippen LogP contribution in [-0.2, 0) is 16.4 Å². The van der Waals surface area contributed by atoms with Crippen molar-refractivity contribution in [3.8, 4) is 0 Å². The van der Waals surface area contributed by atoms with Gasteiger partial charge >= 0.3 is 6.18 Å². The third-order valence-electron chi connectivity index (χ3n) is 6.16. The molecule has 2 unspecified atom stereocenters. The Hall–Kier alpha value is -2.30. The number of amides is 2. The first kappa shape index (κ1) is 28.7. The van der Waals surface area contributed by atoms with Crippen molar-refractivity contribution in [2.75, 3.05) is 5.32 Å². The van der Waals surface area contributed by atoms with E-state index < -0.39 is 60.9 Å². The number of halogens is 10. The van der Waals surface area contributed by atoms with Gasteiger partial charge in [0.25, 0.3) is 5.91 Å². The van der Waals surface area contributed by atoms with E-state index in [1.165, 1.54) is 12.1 Å². The minimum absolute atomic E-state index is 0.0613. The Balaban J connectivity index is 1.81. The van der Waals surface area contributed by atoms with Crippen LogP contribution in [0.2, 0.25) is 15.1 Å². The van der Waals surface area contributed by atoms with E-state index in [-0.39, 0.29) is 27.4 Å². The SMILES string of the molecule is NC(=O)C1(c2ccc(Cl)c(C(=O)Nc3ccc(F)cc3F)c2)C(c2cc(Cl)c(Cl)c(C(F)(F)F)c2)C1(Cl)Cl. The molecule has 1 saturated carbocycles. The zero-order valence-corrected chi connectivity index (χ0v) is 22.1. The van der Waals surface area contributed by atoms with E-state index in [0.717, 1.165) is 24.3 Å². The summed E-state index contributed by atoms with van der Waals surface area (Å²) in [6, 6.07) is 7.75. The molecule has 0 aromatic heterocycles. The minimum Gasteiger partial charge on any atom is -0.369 e. The highest BCUT2D eigenvalue weighted by atomic mass is 35.5. The summed E-state index contributed by atoms with van der Waals surface area (Å²) in [5.74, 6) is -5.37. The van der Waals surface area contributed by atoms with Gasteiger partial charge in [0, 0.05) is 12.0 Å². The van der Waals surface area contributed by atoms with Crippen LogP contribution in [0, 0.1) is 11.6 Å². The van der Waals surface area contributed by atoms with Crippen molar-refractivity contribution in [2.24, 2.45) is 5.73 Å². The summed E-state index contributed by atoms with van der Waals surface area (Å²) in [4.78, 5) is 25.7. The third kappa shape index (κ3) is 4.58. The van der Waals surface area contributed by atoms with Gasteiger partial charge in [-0.2, -0.15) is 13.2 Å². The van der Waals surface area contributed by atoms with Gasteiger partial charge in [-0.25, -0.2) is 8.78 Å². The van der Waals surface area contributed by atoms with Gasteiger partial charge < -0.3 is 11.1 Å². The van der Waals surface area contributed by atoms with E-state index in [9.17, 15) is 31.5 Å². The smallest absolute Gasteiger partial charge is 0.369 e. The average Bonchev–Trinajstić information content (AvgIpc) is 3.34. The Morgan fingerprint density at radius 2 is 1.58 bits per heavy atom. The largest absolute Gasteiger partial charge is 0.417 e. The standard InChI is InChI=1S/C24H12Cl5F5N2O2/c25-14-3-1-10(7-12(14)20(37)36-17-4-2-11(30)8-16(17)31)22(21(35)38)19(23(22,28)29)9-5-13(24(32,33)34)18(27)15(26)6-9/h1-8,19H,(H2,35,38)(H,36,37). The van der Waals surface area contributed by atoms with Crippen LogP contribution in [0.15, 0.2) is 48.5 Å². The van der Waals surface area contributed by atoms with E-state index >= 15 is 0 Å². The minimum atomic E-state index is -4.90. The van der Waals surface area contributed by atoms with Gasteiger partial charge in [0.1, 0.15) is 21.4 Å². The van der Waals surface area contributed by atoms with Gasteiger partial charge in [0.05, 0.1) is 31.9 Å². The monoisotopic (exact) mass is 630 g/mol. The maximum Gasteiger partial charge on any atom is 0.417 e. The summed E-state index contributed by atoms with van der Waals surface area (Å²) in [5, 5.41) is 0.844. The van der Waals surface area contributed by atoms with Gasteiger partial charge in [0.2, 0.25) is 5.91 Å². The second kappa shape index (κ2) is 9.71. The Kier molecular flexibility index (Phi) is 7.34. The molecular weight excluding hydrogens is 621 g/mol. The number of hydrogen-bond donors (Lipinski definition) is 2. The summed E-state index contributed by atoms with van der Waals surface area (Å²) in [6.45, 7) is 0. The van der Waals surface area contributed by atoms with E-state index in [2.05, 4.69) is 5.32 Å². The summed E-state index contributed by atoms with van der Waals surface area (Å²) >= 11 is 30.8. The van der Waals surface area contributed by atoms with E-state index in [1.54, 1.807) is 0 Å². The van der Waals surface area contributed by atoms with Crippen LogP contribution in [0.4, 0.5) is 27.6 Å². The summed E-state index contributed by atoms with van der Waals surface area (Å²) in [6.07, 6.45) is -4.90. The summed E-state index contributed by atoms with van der Waals surface area (Å²) in [5.41, 5.74) is 1.46. The molecule has 0 spiro atoms. The van der Waals surface area contributed by atoms with Gasteiger partial charge in [-0.15, -0.1) is 0 Å². The maximum atomic E-state index is 14.0. The first-order valence-electron chi connectivity index (χ1n) is 10.3. The molecule has 0 aliphatic heterocycles. The second-order valence-corrected chi connectivity index (χ2v) is 10.9. The molecule has 3 N–H and O–H groups in total. The molecule has 0 heterocycles. The molecular formula is C24H12Cl5F5N2O2. The fourth-order valence-electron chi connectivity index (χ4n) is 4.38. The fraction of sp³-hybridized carbons (Fsp3) is 0.167. The van der Waals surface area contributed by atoms with Crippen molar-refractivity contribution in [2.45, 2.75) is 21.8 Å². The molecule has 200 valence electrons. The predicted octanol–water partition coefficient (Wildman–Crippen LogP) is 7.89. The highest BCUT2D eigenvalue weighted by Crippen LogP contribution is 2.74. The van der Waals surface area contributed by atoms with Crippen molar-refractivity contribution in [1.82, 2.24) is 0 Å². The van der Waals surface area contributed by atoms with E-state index in [0.29, 0.717) is 12.1 Å². The van der Waals surface area contributed by atoms with Crippen LogP contribution >= 0.6 is 58.0 Å². The number of primary amides is 1. The Morgan fingerprint density at radius 1 is 0.921 bits per heavy atom. The molecule has 3 aromatic rings. The van der Waals surface area contributed by atoms with Crippen molar-refractivity contribution < 1.29 is 31.5 Å². The van der Waals surface area contributed by atoms with Gasteiger partial charge in [-0.05, 0) is 47.5 Å². The molecule has 2 amide bonds. The normalized spacial score (nSPS) is 20.2. The molecule has 0 saturated heterocycles. The fourth-order valence-corrected chi connectivity index (χ4v) is 6.12. The number of nitrogens with two attached hydrogens (primary N) is 1. The number of alkyl halides is 5. The van der Waals surface area contributed by atoms with Gasteiger partial charge in [0.15, 0.2) is 0 Å². The number of nitrogens with one attached hydrogen (secondary N) is 1. The third-order valence-corrected chi connectivity index (χ3v) is 8.33. The van der Waals surface area contributed by atoms with E-state index in [4.69, 9.17) is 63.7 Å². The Morgan fingerprint density at radius 3 is 2.16 bits per heavy atom. The first-order chi connectivity index (χ1) is 17.5. The van der Waals surface area contributed by atoms with Crippen molar-refractivity contribution in [1.29, 1.82) is 0 Å². The number of carbonyl (C=O) groups excluding carboxylic acids is 2. The molecule has 4 rings (SSSR count). The zero-order chi connectivity index (χ0) is 28.4. The molecule has 1 fully saturated rings. The molecule has 0 radical (unpaired) electrons. The topological polar surface area (TPSA) is 72.2 Å². The van der Waals surface area contributed by atoms with Crippen LogP contribution in [0.5, 0.6) is 0 Å². The lowest BCUT2D eigenvalue weighted by molar-refractivity contribution is -0.137. The van der Waals surface area contributed by atoms with Gasteiger partial charge in [-0.3, -0.25) is 9.59 Å². The van der Waals surface area contributed by atoms with Crippen molar-refractivity contribution in [3.05, 3.63) is 97.5 Å². The van der Waals surface area contributed by atoms with Crippen LogP contribution < -0.4 is 11.1 Å². The quantitative estimate of drug-likeness (QED) is 0.222. The highest BCUT2D eigenvalue weighted by Gasteiger charge is 2.81. The summed E-state index contributed by atoms with van der Waals surface area (Å²) < 4.78 is 65.9. The Bertz CT molecular complexity index is 1500. The molecule has 38 heavy (non-hydrogen) atoms. The van der Waals surface area contributed by atoms with Crippen LogP contribution in [0.3, 0.4) is 0 Å². The van der Waals surface area contributed by atoms with E-state index in [1.807, 2.05) is 0 Å². The lowest BCUT2D eigenvalue weighted by atomic mass is 9.88. The summed E-state index contributed by atoms with van der Waals surface area (Å²) in [7, 11) is 0. The molecule has 2 atom stereocenters. The lowest BCUT2D eigenvalue weighted by Crippen LogP contribution is -2.34. The average molecular weight is 633 g/mol. The maximum absolute atomic E-state index is 14.0. The van der Waals surface area contributed by atoms with Crippen molar-refractivity contribution >= 4 is 75.5 Å². The molecule has 1 aliphatic carbocycles. The number of benzene rings is 3. The number of rotatable bonds is 5. The van der Waals surface area contributed by atoms with Crippen molar-refractivity contribution in [3.63, 3.8) is 0 Å². The van der Waals surface area contributed by atoms with Crippen LogP contribution in [0.1, 0.15) is 33.0 Å². The Labute approximate surface area is 236 Å².